The lowest BCUT2D eigenvalue weighted by molar-refractivity contribution is -0.148. The Bertz CT molecular complexity index is 1310. The van der Waals surface area contributed by atoms with Crippen molar-refractivity contribution in [2.24, 2.45) is 0 Å². The average molecular weight is 545 g/mol. The number of benzene rings is 3. The molecule has 0 heterocycles. The Morgan fingerprint density at radius 2 is 1.48 bits per heavy atom. The molecule has 0 fully saturated rings. The molecule has 40 heavy (non-hydrogen) atoms. The van der Waals surface area contributed by atoms with Gasteiger partial charge in [0.05, 0.1) is 6.42 Å². The average Bonchev–Trinajstić information content (AvgIpc) is 3.28. The molecule has 1 aliphatic carbocycles. The van der Waals surface area contributed by atoms with Gasteiger partial charge in [-0.3, -0.25) is 14.4 Å². The van der Waals surface area contributed by atoms with Gasteiger partial charge in [0.15, 0.2) is 0 Å². The Morgan fingerprint density at radius 3 is 2.10 bits per heavy atom. The lowest BCUT2D eigenvalue weighted by atomic mass is 9.98. The molecular formula is C31H32N2O7. The number of carbonyl (C=O) groups is 4. The summed E-state index contributed by atoms with van der Waals surface area (Å²) in [5.74, 6) is -2.35. The minimum atomic E-state index is -1.24. The molecule has 9 heteroatoms. The van der Waals surface area contributed by atoms with Gasteiger partial charge in [0, 0.05) is 25.9 Å². The number of esters is 1. The Hall–Kier alpha value is -4.66. The molecule has 3 aromatic carbocycles. The highest BCUT2D eigenvalue weighted by Crippen LogP contribution is 2.44. The Morgan fingerprint density at radius 1 is 0.875 bits per heavy atom. The van der Waals surface area contributed by atoms with Crippen molar-refractivity contribution >= 4 is 23.9 Å². The molecule has 0 radical (unpaired) electrons. The molecule has 2 N–H and O–H groups in total. The van der Waals surface area contributed by atoms with Gasteiger partial charge in [-0.15, -0.1) is 0 Å². The molecule has 0 aliphatic heterocycles. The van der Waals surface area contributed by atoms with Crippen LogP contribution in [0.25, 0.3) is 11.1 Å². The summed E-state index contributed by atoms with van der Waals surface area (Å²) in [7, 11) is 1.49. The molecule has 2 amide bonds. The molecule has 1 atom stereocenters. The Balaban J connectivity index is 1.40. The first-order valence-electron chi connectivity index (χ1n) is 13.1. The predicted molar refractivity (Wildman–Crippen MR) is 147 cm³/mol. The molecule has 208 valence electrons. The molecule has 1 aliphatic rings. The second-order valence-corrected chi connectivity index (χ2v) is 9.63. The van der Waals surface area contributed by atoms with Gasteiger partial charge in [0.2, 0.25) is 5.91 Å². The fraction of sp³-hybridized carbons (Fsp3) is 0.290. The van der Waals surface area contributed by atoms with Gasteiger partial charge >= 0.3 is 18.0 Å². The number of amides is 2. The number of aliphatic carboxylic acids is 1. The second-order valence-electron chi connectivity index (χ2n) is 9.63. The van der Waals surface area contributed by atoms with Crippen molar-refractivity contribution in [1.82, 2.24) is 10.2 Å². The van der Waals surface area contributed by atoms with Crippen LogP contribution in [-0.2, 0) is 30.5 Å². The number of alkyl carbamates (subject to hydrolysis) is 1. The number of hydrogen-bond acceptors (Lipinski definition) is 6. The van der Waals surface area contributed by atoms with E-state index in [0.717, 1.165) is 27.8 Å². The zero-order valence-corrected chi connectivity index (χ0v) is 22.2. The minimum absolute atomic E-state index is 0.0278. The summed E-state index contributed by atoms with van der Waals surface area (Å²) in [6.45, 7) is 0.223. The van der Waals surface area contributed by atoms with Crippen LogP contribution in [0.5, 0.6) is 0 Å². The lowest BCUT2D eigenvalue weighted by Gasteiger charge is -2.24. The summed E-state index contributed by atoms with van der Waals surface area (Å²) < 4.78 is 10.9. The third-order valence-electron chi connectivity index (χ3n) is 6.81. The summed E-state index contributed by atoms with van der Waals surface area (Å²) in [5.41, 5.74) is 5.06. The number of fused-ring (bicyclic) bond motifs is 3. The third-order valence-corrected chi connectivity index (χ3v) is 6.81. The van der Waals surface area contributed by atoms with Gasteiger partial charge in [-0.05, 0) is 34.2 Å². The highest BCUT2D eigenvalue weighted by molar-refractivity contribution is 5.89. The number of ether oxygens (including phenoxy) is 2. The number of nitrogens with one attached hydrogen (secondary N) is 1. The third kappa shape index (κ3) is 7.25. The Kier molecular flexibility index (Phi) is 9.51. The molecule has 0 unspecified atom stereocenters. The first-order valence-corrected chi connectivity index (χ1v) is 13.1. The van der Waals surface area contributed by atoms with Gasteiger partial charge in [-0.25, -0.2) is 4.79 Å². The molecular weight excluding hydrogens is 512 g/mol. The van der Waals surface area contributed by atoms with Crippen molar-refractivity contribution in [1.29, 1.82) is 0 Å². The minimum Gasteiger partial charge on any atom is -0.481 e. The number of carboxylic acids is 1. The highest BCUT2D eigenvalue weighted by atomic mass is 16.5. The molecule has 9 nitrogen and oxygen atoms in total. The van der Waals surface area contributed by atoms with Gasteiger partial charge < -0.3 is 24.8 Å². The topological polar surface area (TPSA) is 122 Å². The van der Waals surface area contributed by atoms with Crippen LogP contribution in [0.1, 0.15) is 41.9 Å². The molecule has 0 spiro atoms. The first-order chi connectivity index (χ1) is 19.3. The van der Waals surface area contributed by atoms with Crippen LogP contribution >= 0.6 is 0 Å². The smallest absolute Gasteiger partial charge is 0.407 e. The van der Waals surface area contributed by atoms with E-state index in [4.69, 9.17) is 14.6 Å². The van der Waals surface area contributed by atoms with Crippen LogP contribution in [0.15, 0.2) is 78.9 Å². The van der Waals surface area contributed by atoms with Crippen molar-refractivity contribution in [3.05, 3.63) is 95.6 Å². The molecule has 4 rings (SSSR count). The maximum Gasteiger partial charge on any atom is 0.407 e. The maximum absolute atomic E-state index is 13.2. The van der Waals surface area contributed by atoms with Crippen LogP contribution in [-0.4, -0.2) is 60.2 Å². The number of carboxylic acid groups (broad SMARTS) is 1. The number of carbonyl (C=O) groups excluding carboxylic acids is 3. The van der Waals surface area contributed by atoms with Gasteiger partial charge in [0.25, 0.3) is 0 Å². The van der Waals surface area contributed by atoms with Crippen molar-refractivity contribution < 1.29 is 33.8 Å². The highest BCUT2D eigenvalue weighted by Gasteiger charge is 2.31. The van der Waals surface area contributed by atoms with E-state index in [9.17, 15) is 19.2 Å². The SMILES string of the molecule is CN(CCCC(=O)O)C(=O)[C@H](CC(=O)OCc1ccccc1)NC(=O)OCC1c2ccccc2-c2ccccc21. The van der Waals surface area contributed by atoms with Gasteiger partial charge in [0.1, 0.15) is 19.3 Å². The number of likely N-dealkylation sites (N-methyl/N-ethyl adjacent to an activating group) is 1. The van der Waals surface area contributed by atoms with E-state index < -0.39 is 36.4 Å². The van der Waals surface area contributed by atoms with Crippen molar-refractivity contribution in [2.45, 2.75) is 37.8 Å². The standard InChI is InChI=1S/C31H32N2O7/c1-33(17-9-16-28(34)35)30(37)27(18-29(36)39-19-21-10-3-2-4-11-21)32-31(38)40-20-26-24-14-7-5-12-22(24)23-13-6-8-15-25(23)26/h2-8,10-15,26-27H,9,16-20H2,1H3,(H,32,38)(H,34,35)/t27-/m0/s1. The zero-order valence-electron chi connectivity index (χ0n) is 22.2. The van der Waals surface area contributed by atoms with Crippen molar-refractivity contribution in [3.8, 4) is 11.1 Å². The number of rotatable bonds is 12. The van der Waals surface area contributed by atoms with E-state index in [1.807, 2.05) is 66.7 Å². The zero-order chi connectivity index (χ0) is 28.5. The van der Waals surface area contributed by atoms with E-state index >= 15 is 0 Å². The second kappa shape index (κ2) is 13.4. The molecule has 0 aromatic heterocycles. The molecule has 0 saturated heterocycles. The lowest BCUT2D eigenvalue weighted by Crippen LogP contribution is -2.49. The van der Waals surface area contributed by atoms with Crippen LogP contribution in [0.4, 0.5) is 4.79 Å². The maximum atomic E-state index is 13.2. The van der Waals surface area contributed by atoms with Crippen LogP contribution in [0.3, 0.4) is 0 Å². The Labute approximate surface area is 232 Å². The fourth-order valence-electron chi connectivity index (χ4n) is 4.79. The van der Waals surface area contributed by atoms with E-state index in [1.165, 1.54) is 11.9 Å². The summed E-state index contributed by atoms with van der Waals surface area (Å²) in [4.78, 5) is 50.8. The van der Waals surface area contributed by atoms with Crippen LogP contribution in [0.2, 0.25) is 0 Å². The molecule has 3 aromatic rings. The summed E-state index contributed by atoms with van der Waals surface area (Å²) in [6, 6.07) is 23.7. The van der Waals surface area contributed by atoms with Crippen molar-refractivity contribution in [3.63, 3.8) is 0 Å². The fourth-order valence-corrected chi connectivity index (χ4v) is 4.79. The quantitative estimate of drug-likeness (QED) is 0.325. The largest absolute Gasteiger partial charge is 0.481 e. The summed E-state index contributed by atoms with van der Waals surface area (Å²) in [6.07, 6.45) is -1.12. The molecule has 0 bridgehead atoms. The molecule has 0 saturated carbocycles. The normalized spacial score (nSPS) is 12.5. The number of nitrogens with zero attached hydrogens (tertiary/aromatic N) is 1. The van der Waals surface area contributed by atoms with Crippen molar-refractivity contribution in [2.75, 3.05) is 20.2 Å². The van der Waals surface area contributed by atoms with Gasteiger partial charge in [-0.1, -0.05) is 78.9 Å². The van der Waals surface area contributed by atoms with E-state index in [-0.39, 0.29) is 38.5 Å². The summed E-state index contributed by atoms with van der Waals surface area (Å²) >= 11 is 0. The van der Waals surface area contributed by atoms with E-state index in [2.05, 4.69) is 5.32 Å². The van der Waals surface area contributed by atoms with Crippen LogP contribution < -0.4 is 5.32 Å². The predicted octanol–water partition coefficient (Wildman–Crippen LogP) is 4.35. The van der Waals surface area contributed by atoms with E-state index in [1.54, 1.807) is 12.1 Å². The summed E-state index contributed by atoms with van der Waals surface area (Å²) in [5, 5.41) is 11.4. The van der Waals surface area contributed by atoms with Crippen LogP contribution in [0, 0.1) is 0 Å². The number of hydrogen-bond donors (Lipinski definition) is 2. The monoisotopic (exact) mass is 544 g/mol. The van der Waals surface area contributed by atoms with E-state index in [0.29, 0.717) is 0 Å². The van der Waals surface area contributed by atoms with Gasteiger partial charge in [-0.2, -0.15) is 0 Å². The first kappa shape index (κ1) is 28.4.